The highest BCUT2D eigenvalue weighted by atomic mass is 16.3. The molecule has 0 heterocycles. The first-order chi connectivity index (χ1) is 6.08. The van der Waals surface area contributed by atoms with Crippen molar-refractivity contribution in [1.82, 2.24) is 4.90 Å². The van der Waals surface area contributed by atoms with Gasteiger partial charge in [-0.2, -0.15) is 0 Å². The van der Waals surface area contributed by atoms with E-state index in [0.717, 1.165) is 25.9 Å². The zero-order valence-corrected chi connectivity index (χ0v) is 8.16. The molecule has 76 valence electrons. The molecule has 1 rings (SSSR count). The molecule has 1 aliphatic carbocycles. The predicted molar refractivity (Wildman–Crippen MR) is 52.8 cm³/mol. The van der Waals surface area contributed by atoms with Gasteiger partial charge in [0.2, 0.25) is 0 Å². The zero-order valence-electron chi connectivity index (χ0n) is 8.16. The molecule has 0 aromatic rings. The molecular formula is C9H19N3O. The van der Waals surface area contributed by atoms with Gasteiger partial charge >= 0.3 is 0 Å². The van der Waals surface area contributed by atoms with E-state index in [1.165, 1.54) is 0 Å². The van der Waals surface area contributed by atoms with Gasteiger partial charge in [-0.1, -0.05) is 0 Å². The number of hydrogen-bond acceptors (Lipinski definition) is 3. The quantitative estimate of drug-likeness (QED) is 0.417. The van der Waals surface area contributed by atoms with Crippen LogP contribution in [0, 0.1) is 11.3 Å². The Labute approximate surface area is 79.2 Å². The van der Waals surface area contributed by atoms with Crippen molar-refractivity contribution >= 4 is 5.84 Å². The zero-order chi connectivity index (χ0) is 9.84. The van der Waals surface area contributed by atoms with E-state index in [1.807, 2.05) is 7.05 Å². The molecule has 0 aliphatic heterocycles. The number of rotatable bonds is 5. The first-order valence-corrected chi connectivity index (χ1v) is 4.77. The number of amidine groups is 1. The molecule has 0 radical (unpaired) electrons. The summed E-state index contributed by atoms with van der Waals surface area (Å²) >= 11 is 0. The van der Waals surface area contributed by atoms with Crippen LogP contribution in [0.25, 0.3) is 0 Å². The van der Waals surface area contributed by atoms with Crippen LogP contribution >= 0.6 is 0 Å². The van der Waals surface area contributed by atoms with E-state index in [4.69, 9.17) is 16.2 Å². The molecule has 0 spiro atoms. The Morgan fingerprint density at radius 2 is 2.23 bits per heavy atom. The predicted octanol–water partition coefficient (Wildman–Crippen LogP) is 0.0152. The fraction of sp³-hybridized carbons (Fsp3) is 0.889. The first-order valence-electron chi connectivity index (χ1n) is 4.77. The molecule has 4 nitrogen and oxygen atoms in total. The highest BCUT2D eigenvalue weighted by Crippen LogP contribution is 2.27. The molecule has 1 fully saturated rings. The second kappa shape index (κ2) is 4.58. The summed E-state index contributed by atoms with van der Waals surface area (Å²) in [7, 11) is 2.04. The van der Waals surface area contributed by atoms with Gasteiger partial charge in [0, 0.05) is 19.5 Å². The van der Waals surface area contributed by atoms with Crippen LogP contribution < -0.4 is 5.73 Å². The summed E-state index contributed by atoms with van der Waals surface area (Å²) in [5, 5.41) is 16.1. The average Bonchev–Trinajstić information content (AvgIpc) is 1.98. The fourth-order valence-corrected chi connectivity index (χ4v) is 1.69. The lowest BCUT2D eigenvalue weighted by molar-refractivity contribution is 0.0287. The van der Waals surface area contributed by atoms with Crippen molar-refractivity contribution in [2.45, 2.75) is 25.4 Å². The number of aliphatic hydroxyl groups is 1. The van der Waals surface area contributed by atoms with Gasteiger partial charge in [-0.25, -0.2) is 0 Å². The Morgan fingerprint density at radius 1 is 1.62 bits per heavy atom. The first kappa shape index (κ1) is 10.5. The Bertz CT molecular complexity index is 178. The van der Waals surface area contributed by atoms with E-state index in [-0.39, 0.29) is 11.9 Å². The Morgan fingerprint density at radius 3 is 2.69 bits per heavy atom. The van der Waals surface area contributed by atoms with Crippen LogP contribution in [-0.4, -0.2) is 42.1 Å². The molecule has 0 atom stereocenters. The molecule has 13 heavy (non-hydrogen) atoms. The van der Waals surface area contributed by atoms with Crippen molar-refractivity contribution in [3.05, 3.63) is 0 Å². The highest BCUT2D eigenvalue weighted by molar-refractivity contribution is 5.76. The van der Waals surface area contributed by atoms with Gasteiger partial charge < -0.3 is 15.7 Å². The Balaban J connectivity index is 2.04. The van der Waals surface area contributed by atoms with Gasteiger partial charge in [0.1, 0.15) is 0 Å². The molecule has 0 aromatic carbocycles. The van der Waals surface area contributed by atoms with Gasteiger partial charge in [0.25, 0.3) is 0 Å². The SMILES string of the molecule is CN(CCC(=N)N)CC1CC(O)C1. The minimum atomic E-state index is -0.0637. The molecule has 0 saturated heterocycles. The molecule has 0 aromatic heterocycles. The highest BCUT2D eigenvalue weighted by Gasteiger charge is 2.27. The van der Waals surface area contributed by atoms with E-state index in [0.29, 0.717) is 12.3 Å². The second-order valence-corrected chi connectivity index (χ2v) is 4.03. The second-order valence-electron chi connectivity index (χ2n) is 4.03. The van der Waals surface area contributed by atoms with Crippen LogP contribution in [0.3, 0.4) is 0 Å². The third-order valence-corrected chi connectivity index (χ3v) is 2.54. The van der Waals surface area contributed by atoms with Crippen molar-refractivity contribution in [2.75, 3.05) is 20.1 Å². The molecule has 0 unspecified atom stereocenters. The normalized spacial score (nSPS) is 27.3. The molecule has 0 bridgehead atoms. The molecule has 0 amide bonds. The summed E-state index contributed by atoms with van der Waals surface area (Å²) in [4.78, 5) is 2.18. The lowest BCUT2D eigenvalue weighted by atomic mass is 9.82. The Kier molecular flexibility index (Phi) is 3.69. The lowest BCUT2D eigenvalue weighted by Gasteiger charge is -2.34. The molecule has 1 aliphatic rings. The van der Waals surface area contributed by atoms with E-state index < -0.39 is 0 Å². The maximum Gasteiger partial charge on any atom is 0.0918 e. The van der Waals surface area contributed by atoms with E-state index >= 15 is 0 Å². The minimum absolute atomic E-state index is 0.0637. The molecule has 4 N–H and O–H groups in total. The van der Waals surface area contributed by atoms with Gasteiger partial charge in [0.05, 0.1) is 11.9 Å². The van der Waals surface area contributed by atoms with Gasteiger partial charge in [-0.15, -0.1) is 0 Å². The Hall–Kier alpha value is -0.610. The summed E-state index contributed by atoms with van der Waals surface area (Å²) in [6.45, 7) is 1.87. The van der Waals surface area contributed by atoms with E-state index in [9.17, 15) is 0 Å². The fourth-order valence-electron chi connectivity index (χ4n) is 1.69. The average molecular weight is 185 g/mol. The van der Waals surface area contributed by atoms with Crippen LogP contribution in [0.15, 0.2) is 0 Å². The number of nitrogens with one attached hydrogen (secondary N) is 1. The van der Waals surface area contributed by atoms with Crippen molar-refractivity contribution in [1.29, 1.82) is 5.41 Å². The number of nitrogens with two attached hydrogens (primary N) is 1. The molecular weight excluding hydrogens is 166 g/mol. The smallest absolute Gasteiger partial charge is 0.0918 e. The minimum Gasteiger partial charge on any atom is -0.393 e. The lowest BCUT2D eigenvalue weighted by Crippen LogP contribution is -2.38. The van der Waals surface area contributed by atoms with Crippen LogP contribution in [0.5, 0.6) is 0 Å². The summed E-state index contributed by atoms with van der Waals surface area (Å²) in [6, 6.07) is 0. The van der Waals surface area contributed by atoms with E-state index in [1.54, 1.807) is 0 Å². The summed E-state index contributed by atoms with van der Waals surface area (Å²) in [5.74, 6) is 0.896. The van der Waals surface area contributed by atoms with Crippen molar-refractivity contribution < 1.29 is 5.11 Å². The van der Waals surface area contributed by atoms with Crippen LogP contribution in [-0.2, 0) is 0 Å². The number of aliphatic hydroxyl groups excluding tert-OH is 1. The number of nitrogens with zero attached hydrogens (tertiary/aromatic N) is 1. The number of hydrogen-bond donors (Lipinski definition) is 3. The largest absolute Gasteiger partial charge is 0.393 e. The maximum atomic E-state index is 9.08. The van der Waals surface area contributed by atoms with Crippen molar-refractivity contribution in [3.63, 3.8) is 0 Å². The van der Waals surface area contributed by atoms with Crippen LogP contribution in [0.2, 0.25) is 0 Å². The third kappa shape index (κ3) is 3.74. The van der Waals surface area contributed by atoms with Crippen molar-refractivity contribution in [3.8, 4) is 0 Å². The van der Waals surface area contributed by atoms with E-state index in [2.05, 4.69) is 4.90 Å². The summed E-state index contributed by atoms with van der Waals surface area (Å²) in [5.41, 5.74) is 5.26. The third-order valence-electron chi connectivity index (χ3n) is 2.54. The summed E-state index contributed by atoms with van der Waals surface area (Å²) < 4.78 is 0. The standard InChI is InChI=1S/C9H19N3O/c1-12(3-2-9(10)11)6-7-4-8(13)5-7/h7-8,13H,2-6H2,1H3,(H3,10,11). The van der Waals surface area contributed by atoms with Crippen molar-refractivity contribution in [2.24, 2.45) is 11.7 Å². The molecule has 4 heteroatoms. The maximum absolute atomic E-state index is 9.08. The topological polar surface area (TPSA) is 73.3 Å². The van der Waals surface area contributed by atoms with Gasteiger partial charge in [-0.05, 0) is 25.8 Å². The summed E-state index contributed by atoms with van der Waals surface area (Å²) in [6.07, 6.45) is 2.45. The monoisotopic (exact) mass is 185 g/mol. The molecule has 1 saturated carbocycles. The van der Waals surface area contributed by atoms with Gasteiger partial charge in [0.15, 0.2) is 0 Å². The van der Waals surface area contributed by atoms with Gasteiger partial charge in [-0.3, -0.25) is 5.41 Å². The van der Waals surface area contributed by atoms with Crippen LogP contribution in [0.1, 0.15) is 19.3 Å². The van der Waals surface area contributed by atoms with Crippen LogP contribution in [0.4, 0.5) is 0 Å².